The fourth-order valence-electron chi connectivity index (χ4n) is 14.1. The van der Waals surface area contributed by atoms with Gasteiger partial charge in [-0.2, -0.15) is 0 Å². The molecule has 8 aliphatic rings. The van der Waals surface area contributed by atoms with Crippen molar-refractivity contribution in [2.45, 2.75) is 136 Å². The molecule has 0 radical (unpaired) electrons. The average molecular weight is 655 g/mol. The number of hydrogen-bond donors (Lipinski definition) is 1. The van der Waals surface area contributed by atoms with E-state index in [9.17, 15) is 14.7 Å². The monoisotopic (exact) mass is 654 g/mol. The normalized spacial score (nSPS) is 51.3. The molecule has 0 aromatic rings. The molecule has 8 nitrogen and oxygen atoms in total. The lowest BCUT2D eigenvalue weighted by molar-refractivity contribution is -0.248. The van der Waals surface area contributed by atoms with E-state index >= 15 is 0 Å². The van der Waals surface area contributed by atoms with Gasteiger partial charge in [0, 0.05) is 24.9 Å². The third-order valence-electron chi connectivity index (χ3n) is 16.6. The Kier molecular flexibility index (Phi) is 7.90. The van der Waals surface area contributed by atoms with Gasteiger partial charge in [-0.25, -0.2) is 0 Å². The third-order valence-corrected chi connectivity index (χ3v) is 16.6. The van der Waals surface area contributed by atoms with E-state index in [1.165, 1.54) is 51.4 Å². The molecule has 264 valence electrons. The van der Waals surface area contributed by atoms with Crippen LogP contribution in [0.15, 0.2) is 0 Å². The maximum Gasteiger partial charge on any atom is 0.223 e. The average Bonchev–Trinajstić information content (AvgIpc) is 3.94. The molecule has 6 aliphatic carbocycles. The smallest absolute Gasteiger partial charge is 0.223 e. The summed E-state index contributed by atoms with van der Waals surface area (Å²) in [6, 6.07) is 0. The first-order valence-electron chi connectivity index (χ1n) is 19.3. The highest BCUT2D eigenvalue weighted by Crippen LogP contribution is 2.89. The van der Waals surface area contributed by atoms with Crippen LogP contribution in [0.5, 0.6) is 0 Å². The molecule has 8 heteroatoms. The van der Waals surface area contributed by atoms with Gasteiger partial charge in [0.1, 0.15) is 6.29 Å². The molecule has 8 rings (SSSR count). The van der Waals surface area contributed by atoms with Crippen molar-refractivity contribution < 1.29 is 28.9 Å². The maximum atomic E-state index is 12.9. The zero-order chi connectivity index (χ0) is 33.1. The number of morpholine rings is 1. The quantitative estimate of drug-likeness (QED) is 0.356. The minimum atomic E-state index is -0.461. The van der Waals surface area contributed by atoms with Crippen LogP contribution >= 0.6 is 0 Å². The first-order chi connectivity index (χ1) is 22.3. The summed E-state index contributed by atoms with van der Waals surface area (Å²) in [7, 11) is 1.99. The molecule has 7 unspecified atom stereocenters. The number of aliphatic hydroxyl groups is 1. The predicted molar refractivity (Wildman–Crippen MR) is 178 cm³/mol. The van der Waals surface area contributed by atoms with Gasteiger partial charge in [-0.3, -0.25) is 9.69 Å². The van der Waals surface area contributed by atoms with Crippen LogP contribution in [-0.4, -0.2) is 97.6 Å². The van der Waals surface area contributed by atoms with Crippen molar-refractivity contribution in [3.8, 4) is 0 Å². The van der Waals surface area contributed by atoms with Crippen LogP contribution < -0.4 is 0 Å². The Morgan fingerprint density at radius 2 is 1.79 bits per heavy atom. The van der Waals surface area contributed by atoms with E-state index in [1.54, 1.807) is 0 Å². The van der Waals surface area contributed by atoms with Gasteiger partial charge in [0.2, 0.25) is 5.91 Å². The summed E-state index contributed by atoms with van der Waals surface area (Å²) in [5, 5.41) is 12.5. The summed E-state index contributed by atoms with van der Waals surface area (Å²) in [6.07, 6.45) is 12.7. The molecule has 1 amide bonds. The van der Waals surface area contributed by atoms with E-state index in [2.05, 4.69) is 39.5 Å². The second-order valence-corrected chi connectivity index (χ2v) is 18.9. The van der Waals surface area contributed by atoms with Crippen molar-refractivity contribution in [3.63, 3.8) is 0 Å². The van der Waals surface area contributed by atoms with Gasteiger partial charge in [-0.05, 0) is 123 Å². The van der Waals surface area contributed by atoms with Crippen molar-refractivity contribution in [1.82, 2.24) is 9.80 Å². The number of amides is 1. The third kappa shape index (κ3) is 4.69. The van der Waals surface area contributed by atoms with Crippen LogP contribution in [0.4, 0.5) is 0 Å². The van der Waals surface area contributed by atoms with Crippen molar-refractivity contribution in [2.24, 2.45) is 56.7 Å². The fraction of sp³-hybridized carbons (Fsp3) is 0.949. The molecule has 8 fully saturated rings. The molecule has 13 atom stereocenters. The highest BCUT2D eigenvalue weighted by Gasteiger charge is 2.84. The van der Waals surface area contributed by atoms with Crippen LogP contribution in [-0.2, 0) is 23.8 Å². The second-order valence-electron chi connectivity index (χ2n) is 18.9. The Bertz CT molecular complexity index is 1260. The number of ether oxygens (including phenoxy) is 3. The molecule has 47 heavy (non-hydrogen) atoms. The topological polar surface area (TPSA) is 88.5 Å². The number of aldehydes is 1. The maximum absolute atomic E-state index is 12.9. The van der Waals surface area contributed by atoms with Crippen LogP contribution in [0, 0.1) is 56.7 Å². The molecule has 2 saturated heterocycles. The number of carbonyl (C=O) groups is 2. The summed E-state index contributed by atoms with van der Waals surface area (Å²) in [5.41, 5.74) is 0.555. The molecular formula is C39H62N2O6. The zero-order valence-electron chi connectivity index (χ0n) is 30.0. The van der Waals surface area contributed by atoms with Gasteiger partial charge in [0.15, 0.2) is 6.29 Å². The molecular weight excluding hydrogens is 592 g/mol. The minimum absolute atomic E-state index is 0.0265. The van der Waals surface area contributed by atoms with Gasteiger partial charge in [-0.1, -0.05) is 34.6 Å². The van der Waals surface area contributed by atoms with E-state index in [-0.39, 0.29) is 46.8 Å². The van der Waals surface area contributed by atoms with E-state index in [4.69, 9.17) is 14.2 Å². The number of fused-ring (bicyclic) bond motifs is 4. The lowest BCUT2D eigenvalue weighted by Gasteiger charge is -2.64. The molecule has 0 aromatic heterocycles. The van der Waals surface area contributed by atoms with E-state index in [0.29, 0.717) is 73.1 Å². The van der Waals surface area contributed by atoms with Crippen molar-refractivity contribution in [3.05, 3.63) is 0 Å². The summed E-state index contributed by atoms with van der Waals surface area (Å²) < 4.78 is 19.9. The van der Waals surface area contributed by atoms with Gasteiger partial charge in [-0.15, -0.1) is 0 Å². The number of likely N-dealkylation sites (N-methyl/N-ethyl adjacent to an activating group) is 1. The van der Waals surface area contributed by atoms with E-state index in [1.807, 2.05) is 11.9 Å². The minimum Gasteiger partial charge on any atom is -0.390 e. The predicted octanol–water partition coefficient (Wildman–Crippen LogP) is 5.30. The standard InChI is InChI=1S/C39H62N2O6/c1-24-19-26(21-40(6)15-17-42)46-33-32(24)36(4)13-14-39-23-38(39)12-11-29(35(2,3)27(38)9-10-28(39)37(36,5)34(33)44)47-31-22-41(16-18-45-31)30(43)20-25-7-8-25/h17,24-29,31-34,44H,7-16,18-23H2,1-6H3/t24-,26?,27+,28?,29?,31+,32+,33?,34+,36?,37-,38?,39?/m1/s1. The highest BCUT2D eigenvalue weighted by molar-refractivity contribution is 5.76. The summed E-state index contributed by atoms with van der Waals surface area (Å²) in [5.74, 6) is 2.84. The lowest BCUT2D eigenvalue weighted by Crippen LogP contribution is -2.60. The zero-order valence-corrected chi connectivity index (χ0v) is 30.0. The SMILES string of the molecule is C[C@@H]1CC(CN(C)CC=O)OC2[C@H]1C1(C)CCC34CC35CCC(O[C@H]3CN(C(=O)CC6CC6)CCO3)C(C)(C)[C@@H]5CCC4[C@]1(C)[C@H]2O. The molecule has 0 aromatic carbocycles. The summed E-state index contributed by atoms with van der Waals surface area (Å²) >= 11 is 0. The van der Waals surface area contributed by atoms with E-state index in [0.717, 1.165) is 25.7 Å². The first kappa shape index (κ1) is 33.1. The highest BCUT2D eigenvalue weighted by atomic mass is 16.7. The largest absolute Gasteiger partial charge is 0.390 e. The Hall–Kier alpha value is -1.06. The van der Waals surface area contributed by atoms with Crippen LogP contribution in [0.1, 0.15) is 105 Å². The summed E-state index contributed by atoms with van der Waals surface area (Å²) in [4.78, 5) is 28.1. The Morgan fingerprint density at radius 3 is 2.53 bits per heavy atom. The van der Waals surface area contributed by atoms with Crippen LogP contribution in [0.25, 0.3) is 0 Å². The molecule has 1 N–H and O–H groups in total. The Labute approximate surface area is 283 Å². The van der Waals surface area contributed by atoms with Crippen LogP contribution in [0.2, 0.25) is 0 Å². The molecule has 2 heterocycles. The number of hydrogen-bond acceptors (Lipinski definition) is 7. The van der Waals surface area contributed by atoms with Crippen molar-refractivity contribution >= 4 is 12.2 Å². The van der Waals surface area contributed by atoms with Crippen molar-refractivity contribution in [1.29, 1.82) is 0 Å². The Morgan fingerprint density at radius 1 is 1.04 bits per heavy atom. The molecule has 2 aliphatic heterocycles. The number of carbonyl (C=O) groups excluding carboxylic acids is 2. The van der Waals surface area contributed by atoms with Gasteiger partial charge < -0.3 is 29.0 Å². The number of rotatable bonds is 8. The molecule has 0 bridgehead atoms. The second kappa shape index (κ2) is 11.2. The molecule has 2 spiro atoms. The Balaban J connectivity index is 0.991. The summed E-state index contributed by atoms with van der Waals surface area (Å²) in [6.45, 7) is 15.3. The van der Waals surface area contributed by atoms with Gasteiger partial charge in [0.05, 0.1) is 44.1 Å². The fourth-order valence-corrected chi connectivity index (χ4v) is 14.1. The van der Waals surface area contributed by atoms with Crippen LogP contribution in [0.3, 0.4) is 0 Å². The van der Waals surface area contributed by atoms with Gasteiger partial charge >= 0.3 is 0 Å². The number of nitrogens with zero attached hydrogens (tertiary/aromatic N) is 2. The first-order valence-corrected chi connectivity index (χ1v) is 19.3. The molecule has 6 saturated carbocycles. The van der Waals surface area contributed by atoms with Crippen molar-refractivity contribution in [2.75, 3.05) is 39.8 Å². The van der Waals surface area contributed by atoms with E-state index < -0.39 is 6.10 Å². The number of aliphatic hydroxyl groups excluding tert-OH is 1. The van der Waals surface area contributed by atoms with Gasteiger partial charge in [0.25, 0.3) is 0 Å². The lowest BCUT2D eigenvalue weighted by atomic mass is 9.41.